The molecule has 2 aliphatic rings. The van der Waals surface area contributed by atoms with Gasteiger partial charge >= 0.3 is 0 Å². The van der Waals surface area contributed by atoms with Crippen molar-refractivity contribution in [2.45, 2.75) is 38.0 Å². The van der Waals surface area contributed by atoms with Crippen LogP contribution >= 0.6 is 0 Å². The van der Waals surface area contributed by atoms with Gasteiger partial charge in [-0.25, -0.2) is 4.98 Å². The third-order valence-corrected chi connectivity index (χ3v) is 4.51. The van der Waals surface area contributed by atoms with Crippen LogP contribution in [-0.2, 0) is 9.53 Å². The van der Waals surface area contributed by atoms with E-state index in [1.165, 1.54) is 0 Å². The molecule has 1 aromatic heterocycles. The molecule has 2 atom stereocenters. The Labute approximate surface area is 123 Å². The van der Waals surface area contributed by atoms with Gasteiger partial charge in [0, 0.05) is 13.2 Å². The molecule has 5 heteroatoms. The Hall–Kier alpha value is -1.88. The summed E-state index contributed by atoms with van der Waals surface area (Å²) in [4.78, 5) is 19.1. The monoisotopic (exact) mass is 285 g/mol. The molecule has 2 saturated heterocycles. The van der Waals surface area contributed by atoms with Gasteiger partial charge in [0.25, 0.3) is 5.91 Å². The summed E-state index contributed by atoms with van der Waals surface area (Å²) in [7, 11) is 0. The summed E-state index contributed by atoms with van der Waals surface area (Å²) in [6.07, 6.45) is 5.56. The molecule has 0 unspecified atom stereocenters. The first kappa shape index (κ1) is 12.8. The average Bonchev–Trinajstić information content (AvgIpc) is 3.25. The quantitative estimate of drug-likeness (QED) is 0.851. The smallest absolute Gasteiger partial charge is 0.253 e. The molecule has 2 aliphatic heterocycles. The number of carbonyl (C=O) groups is 1. The van der Waals surface area contributed by atoms with Crippen molar-refractivity contribution in [1.29, 1.82) is 0 Å². The molecule has 0 saturated carbocycles. The molecule has 2 aromatic rings. The number of imidazole rings is 1. The van der Waals surface area contributed by atoms with Gasteiger partial charge in [-0.2, -0.15) is 0 Å². The van der Waals surface area contributed by atoms with Crippen molar-refractivity contribution < 1.29 is 9.53 Å². The van der Waals surface area contributed by atoms with Crippen LogP contribution in [0.4, 0.5) is 0 Å². The van der Waals surface area contributed by atoms with Crippen LogP contribution in [0.3, 0.4) is 0 Å². The van der Waals surface area contributed by atoms with Crippen molar-refractivity contribution >= 4 is 16.9 Å². The number of carbonyl (C=O) groups excluding carboxylic acids is 1. The number of para-hydroxylation sites is 2. The van der Waals surface area contributed by atoms with E-state index < -0.39 is 0 Å². The van der Waals surface area contributed by atoms with Crippen LogP contribution in [0.15, 0.2) is 30.6 Å². The Bertz CT molecular complexity index is 660. The lowest BCUT2D eigenvalue weighted by Gasteiger charge is -2.28. The lowest BCUT2D eigenvalue weighted by Crippen LogP contribution is -2.40. The van der Waals surface area contributed by atoms with E-state index >= 15 is 0 Å². The van der Waals surface area contributed by atoms with Crippen LogP contribution in [-0.4, -0.2) is 39.6 Å². The van der Waals surface area contributed by atoms with E-state index in [4.69, 9.17) is 4.74 Å². The summed E-state index contributed by atoms with van der Waals surface area (Å²) in [6, 6.07) is 8.08. The molecule has 2 fully saturated rings. The van der Waals surface area contributed by atoms with Gasteiger partial charge in [0.2, 0.25) is 0 Å². The summed E-state index contributed by atoms with van der Waals surface area (Å²) in [5.74, 6) is 0.146. The molecule has 1 amide bonds. The van der Waals surface area contributed by atoms with Gasteiger partial charge in [-0.05, 0) is 37.8 Å². The summed E-state index contributed by atoms with van der Waals surface area (Å²) in [5.41, 5.74) is 2.07. The molecule has 1 aromatic carbocycles. The Kier molecular flexibility index (Phi) is 3.15. The Balaban J connectivity index is 1.65. The van der Waals surface area contributed by atoms with E-state index in [0.717, 1.165) is 43.3 Å². The first-order valence-corrected chi connectivity index (χ1v) is 7.68. The summed E-state index contributed by atoms with van der Waals surface area (Å²) in [5, 5.41) is 0. The lowest BCUT2D eigenvalue weighted by molar-refractivity contribution is -0.143. The summed E-state index contributed by atoms with van der Waals surface area (Å²) in [6.45, 7) is 1.53. The first-order valence-electron chi connectivity index (χ1n) is 7.68. The van der Waals surface area contributed by atoms with Crippen LogP contribution in [0.1, 0.15) is 31.8 Å². The fourth-order valence-corrected chi connectivity index (χ4v) is 3.47. The predicted octanol–water partition coefficient (Wildman–Crippen LogP) is 2.34. The molecule has 0 bridgehead atoms. The number of amides is 1. The van der Waals surface area contributed by atoms with Gasteiger partial charge in [-0.3, -0.25) is 4.79 Å². The van der Waals surface area contributed by atoms with Gasteiger partial charge in [0.05, 0.1) is 17.4 Å². The number of hydrogen-bond donors (Lipinski definition) is 0. The molecule has 21 heavy (non-hydrogen) atoms. The lowest BCUT2D eigenvalue weighted by atomic mass is 10.2. The molecule has 4 rings (SSSR count). The number of aromatic nitrogens is 2. The number of rotatable bonds is 2. The van der Waals surface area contributed by atoms with Crippen molar-refractivity contribution in [2.24, 2.45) is 0 Å². The highest BCUT2D eigenvalue weighted by atomic mass is 16.5. The molecule has 0 spiro atoms. The second-order valence-electron chi connectivity index (χ2n) is 5.80. The fraction of sp³-hybridized carbons (Fsp3) is 0.500. The van der Waals surface area contributed by atoms with E-state index in [0.29, 0.717) is 6.61 Å². The number of ether oxygens (including phenoxy) is 1. The van der Waals surface area contributed by atoms with E-state index in [9.17, 15) is 4.79 Å². The third kappa shape index (κ3) is 2.12. The van der Waals surface area contributed by atoms with Gasteiger partial charge in [-0.15, -0.1) is 0 Å². The zero-order valence-electron chi connectivity index (χ0n) is 11.9. The van der Waals surface area contributed by atoms with Crippen molar-refractivity contribution in [3.05, 3.63) is 30.6 Å². The van der Waals surface area contributed by atoms with Crippen LogP contribution < -0.4 is 0 Å². The minimum absolute atomic E-state index is 0.0779. The molecule has 0 radical (unpaired) electrons. The Morgan fingerprint density at radius 2 is 2.14 bits per heavy atom. The number of likely N-dealkylation sites (tertiary alicyclic amines) is 1. The van der Waals surface area contributed by atoms with Crippen LogP contribution in [0, 0.1) is 0 Å². The minimum Gasteiger partial charge on any atom is -0.368 e. The van der Waals surface area contributed by atoms with Crippen molar-refractivity contribution in [2.75, 3.05) is 13.2 Å². The Morgan fingerprint density at radius 1 is 1.24 bits per heavy atom. The largest absolute Gasteiger partial charge is 0.368 e. The molecule has 0 aliphatic carbocycles. The zero-order chi connectivity index (χ0) is 14.2. The van der Waals surface area contributed by atoms with Crippen LogP contribution in [0.2, 0.25) is 0 Å². The van der Waals surface area contributed by atoms with E-state index in [2.05, 4.69) is 15.6 Å². The maximum Gasteiger partial charge on any atom is 0.253 e. The molecule has 110 valence electrons. The topological polar surface area (TPSA) is 47.4 Å². The highest BCUT2D eigenvalue weighted by molar-refractivity contribution is 5.82. The van der Waals surface area contributed by atoms with Crippen molar-refractivity contribution in [3.8, 4) is 0 Å². The molecular weight excluding hydrogens is 266 g/mol. The third-order valence-electron chi connectivity index (χ3n) is 4.51. The highest BCUT2D eigenvalue weighted by Gasteiger charge is 2.36. The standard InChI is InChI=1S/C16H19N3O2/c20-16(14-7-4-10-21-14)18-9-3-8-15(18)19-11-17-12-5-1-2-6-13(12)19/h1-2,5-6,11,14-15H,3-4,7-10H2/t14-,15+/m0/s1. The zero-order valence-corrected chi connectivity index (χ0v) is 11.9. The molecule has 5 nitrogen and oxygen atoms in total. The second-order valence-corrected chi connectivity index (χ2v) is 5.80. The SMILES string of the molecule is O=C([C@@H]1CCCO1)N1CCC[C@H]1n1cnc2ccccc21. The average molecular weight is 285 g/mol. The number of benzene rings is 1. The fourth-order valence-electron chi connectivity index (χ4n) is 3.47. The predicted molar refractivity (Wildman–Crippen MR) is 78.7 cm³/mol. The number of nitrogens with zero attached hydrogens (tertiary/aromatic N) is 3. The van der Waals surface area contributed by atoms with Crippen molar-refractivity contribution in [3.63, 3.8) is 0 Å². The van der Waals surface area contributed by atoms with Gasteiger partial charge in [0.15, 0.2) is 0 Å². The minimum atomic E-state index is -0.236. The number of hydrogen-bond acceptors (Lipinski definition) is 3. The molecular formula is C16H19N3O2. The van der Waals surface area contributed by atoms with Gasteiger partial charge in [-0.1, -0.05) is 12.1 Å². The Morgan fingerprint density at radius 3 is 3.00 bits per heavy atom. The normalized spacial score (nSPS) is 25.8. The van der Waals surface area contributed by atoms with Crippen LogP contribution in [0.5, 0.6) is 0 Å². The van der Waals surface area contributed by atoms with Crippen molar-refractivity contribution in [1.82, 2.24) is 14.5 Å². The molecule has 0 N–H and O–H groups in total. The maximum absolute atomic E-state index is 12.7. The summed E-state index contributed by atoms with van der Waals surface area (Å²) < 4.78 is 7.70. The van der Waals surface area contributed by atoms with E-state index in [1.54, 1.807) is 0 Å². The second kappa shape index (κ2) is 5.15. The van der Waals surface area contributed by atoms with E-state index in [-0.39, 0.29) is 18.2 Å². The maximum atomic E-state index is 12.7. The van der Waals surface area contributed by atoms with Crippen LogP contribution in [0.25, 0.3) is 11.0 Å². The van der Waals surface area contributed by atoms with Gasteiger partial charge in [0.1, 0.15) is 12.3 Å². The van der Waals surface area contributed by atoms with E-state index in [1.807, 2.05) is 29.4 Å². The number of fused-ring (bicyclic) bond motifs is 1. The summed E-state index contributed by atoms with van der Waals surface area (Å²) >= 11 is 0. The first-order chi connectivity index (χ1) is 10.3. The molecule has 3 heterocycles. The highest BCUT2D eigenvalue weighted by Crippen LogP contribution is 2.31. The van der Waals surface area contributed by atoms with Gasteiger partial charge < -0.3 is 14.2 Å².